The maximum Gasteiger partial charge on any atom is 0.0300 e. The van der Waals surface area contributed by atoms with Gasteiger partial charge in [0.25, 0.3) is 0 Å². The molecule has 0 aliphatic carbocycles. The molecule has 21 heavy (non-hydrogen) atoms. The van der Waals surface area contributed by atoms with Crippen LogP contribution in [0.15, 0.2) is 54.9 Å². The minimum absolute atomic E-state index is 1.02. The molecule has 0 bridgehead atoms. The molecule has 3 heteroatoms. The highest BCUT2D eigenvalue weighted by Crippen LogP contribution is 2.02. The molecule has 0 radical (unpaired) electrons. The third kappa shape index (κ3) is 6.52. The van der Waals surface area contributed by atoms with Gasteiger partial charge in [-0.05, 0) is 56.7 Å². The predicted octanol–water partition coefficient (Wildman–Crippen LogP) is 2.74. The van der Waals surface area contributed by atoms with Crippen LogP contribution >= 0.6 is 0 Å². The van der Waals surface area contributed by atoms with Crippen molar-refractivity contribution in [3.05, 3.63) is 66.0 Å². The zero-order valence-corrected chi connectivity index (χ0v) is 12.8. The zero-order chi connectivity index (χ0) is 14.8. The summed E-state index contributed by atoms with van der Waals surface area (Å²) < 4.78 is 0. The van der Waals surface area contributed by atoms with E-state index < -0.39 is 0 Å². The Kier molecular flexibility index (Phi) is 6.92. The number of hydrogen-bond acceptors (Lipinski definition) is 3. The Morgan fingerprint density at radius 2 is 1.81 bits per heavy atom. The molecule has 1 N–H and O–H groups in total. The smallest absolute Gasteiger partial charge is 0.0300 e. The van der Waals surface area contributed by atoms with E-state index in [-0.39, 0.29) is 0 Å². The molecule has 0 fully saturated rings. The summed E-state index contributed by atoms with van der Waals surface area (Å²) >= 11 is 0. The van der Waals surface area contributed by atoms with E-state index in [1.165, 1.54) is 17.5 Å². The number of benzene rings is 1. The van der Waals surface area contributed by atoms with E-state index in [9.17, 15) is 0 Å². The Labute approximate surface area is 128 Å². The van der Waals surface area contributed by atoms with Crippen molar-refractivity contribution in [3.8, 4) is 0 Å². The van der Waals surface area contributed by atoms with Gasteiger partial charge in [0.1, 0.15) is 0 Å². The highest BCUT2D eigenvalue weighted by Gasteiger charge is 1.99. The van der Waals surface area contributed by atoms with Gasteiger partial charge in [0.05, 0.1) is 0 Å². The number of aromatic nitrogens is 1. The van der Waals surface area contributed by atoms with E-state index in [0.717, 1.165) is 32.6 Å². The number of hydrogen-bond donors (Lipinski definition) is 1. The molecule has 0 saturated heterocycles. The van der Waals surface area contributed by atoms with Gasteiger partial charge in [-0.2, -0.15) is 0 Å². The molecule has 112 valence electrons. The van der Waals surface area contributed by atoms with E-state index in [2.05, 4.69) is 58.6 Å². The Balaban J connectivity index is 1.51. The van der Waals surface area contributed by atoms with Crippen molar-refractivity contribution in [3.63, 3.8) is 0 Å². The molecular formula is C18H25N3. The van der Waals surface area contributed by atoms with Gasteiger partial charge in [-0.15, -0.1) is 0 Å². The van der Waals surface area contributed by atoms with E-state index in [0.29, 0.717) is 0 Å². The van der Waals surface area contributed by atoms with Crippen LogP contribution in [0.25, 0.3) is 0 Å². The lowest BCUT2D eigenvalue weighted by atomic mass is 10.2. The topological polar surface area (TPSA) is 28.2 Å². The van der Waals surface area contributed by atoms with E-state index in [1.54, 1.807) is 0 Å². The summed E-state index contributed by atoms with van der Waals surface area (Å²) in [6.07, 6.45) is 5.99. The largest absolute Gasteiger partial charge is 0.316 e. The Hall–Kier alpha value is -1.71. The summed E-state index contributed by atoms with van der Waals surface area (Å²) in [6, 6.07) is 14.8. The van der Waals surface area contributed by atoms with Gasteiger partial charge in [0, 0.05) is 18.9 Å². The first-order chi connectivity index (χ1) is 10.3. The molecule has 0 spiro atoms. The summed E-state index contributed by atoms with van der Waals surface area (Å²) in [5.41, 5.74) is 2.68. The van der Waals surface area contributed by atoms with Gasteiger partial charge in [0.2, 0.25) is 0 Å². The average molecular weight is 283 g/mol. The van der Waals surface area contributed by atoms with Crippen molar-refractivity contribution in [2.45, 2.75) is 19.4 Å². The Morgan fingerprint density at radius 1 is 1.00 bits per heavy atom. The molecule has 0 saturated carbocycles. The summed E-state index contributed by atoms with van der Waals surface area (Å²) in [6.45, 7) is 4.23. The summed E-state index contributed by atoms with van der Waals surface area (Å²) in [5, 5.41) is 3.50. The van der Waals surface area contributed by atoms with Gasteiger partial charge in [0.15, 0.2) is 0 Å². The molecule has 2 aromatic rings. The first-order valence-corrected chi connectivity index (χ1v) is 7.66. The van der Waals surface area contributed by atoms with E-state index in [1.807, 2.05) is 18.5 Å². The number of pyridine rings is 1. The number of rotatable bonds is 9. The van der Waals surface area contributed by atoms with Crippen molar-refractivity contribution < 1.29 is 0 Å². The lowest BCUT2D eigenvalue weighted by Gasteiger charge is -2.16. The molecule has 1 aromatic heterocycles. The standard InChI is InChI=1S/C18H25N3/c1-21(16-18-7-3-2-4-8-18)14-6-12-19-13-10-17-9-5-11-20-15-17/h2-5,7-9,11,15,19H,6,10,12-14,16H2,1H3. The maximum atomic E-state index is 4.13. The lowest BCUT2D eigenvalue weighted by molar-refractivity contribution is 0.320. The minimum Gasteiger partial charge on any atom is -0.316 e. The summed E-state index contributed by atoms with van der Waals surface area (Å²) in [7, 11) is 2.18. The van der Waals surface area contributed by atoms with Crippen molar-refractivity contribution in [2.75, 3.05) is 26.7 Å². The first kappa shape index (κ1) is 15.7. The predicted molar refractivity (Wildman–Crippen MR) is 88.2 cm³/mol. The number of nitrogens with one attached hydrogen (secondary N) is 1. The molecule has 0 atom stereocenters. The van der Waals surface area contributed by atoms with Crippen LogP contribution in [-0.2, 0) is 13.0 Å². The molecular weight excluding hydrogens is 258 g/mol. The van der Waals surface area contributed by atoms with Crippen LogP contribution in [-0.4, -0.2) is 36.6 Å². The fourth-order valence-electron chi connectivity index (χ4n) is 2.35. The van der Waals surface area contributed by atoms with Crippen LogP contribution in [0.2, 0.25) is 0 Å². The fourth-order valence-corrected chi connectivity index (χ4v) is 2.35. The Bertz CT molecular complexity index is 484. The van der Waals surface area contributed by atoms with Crippen LogP contribution in [0.1, 0.15) is 17.5 Å². The van der Waals surface area contributed by atoms with Crippen molar-refractivity contribution in [1.82, 2.24) is 15.2 Å². The second-order valence-electron chi connectivity index (χ2n) is 5.44. The minimum atomic E-state index is 1.02. The summed E-state index contributed by atoms with van der Waals surface area (Å²) in [5.74, 6) is 0. The van der Waals surface area contributed by atoms with Gasteiger partial charge in [-0.25, -0.2) is 0 Å². The first-order valence-electron chi connectivity index (χ1n) is 7.66. The zero-order valence-electron chi connectivity index (χ0n) is 12.8. The van der Waals surface area contributed by atoms with Gasteiger partial charge >= 0.3 is 0 Å². The highest BCUT2D eigenvalue weighted by molar-refractivity contribution is 5.14. The second-order valence-corrected chi connectivity index (χ2v) is 5.44. The van der Waals surface area contributed by atoms with Crippen molar-refractivity contribution in [2.24, 2.45) is 0 Å². The molecule has 0 aliphatic rings. The van der Waals surface area contributed by atoms with Gasteiger partial charge in [-0.3, -0.25) is 4.98 Å². The lowest BCUT2D eigenvalue weighted by Crippen LogP contribution is -2.25. The summed E-state index contributed by atoms with van der Waals surface area (Å²) in [4.78, 5) is 6.50. The SMILES string of the molecule is CN(CCCNCCc1cccnc1)Cc1ccccc1. The number of nitrogens with zero attached hydrogens (tertiary/aromatic N) is 2. The molecule has 2 rings (SSSR count). The highest BCUT2D eigenvalue weighted by atomic mass is 15.1. The van der Waals surface area contributed by atoms with Crippen molar-refractivity contribution in [1.29, 1.82) is 0 Å². The average Bonchev–Trinajstić information content (AvgIpc) is 2.53. The maximum absolute atomic E-state index is 4.13. The molecule has 0 unspecified atom stereocenters. The van der Waals surface area contributed by atoms with Crippen LogP contribution < -0.4 is 5.32 Å². The molecule has 1 aromatic carbocycles. The third-order valence-corrected chi connectivity index (χ3v) is 3.50. The van der Waals surface area contributed by atoms with Crippen LogP contribution in [0, 0.1) is 0 Å². The Morgan fingerprint density at radius 3 is 2.57 bits per heavy atom. The second kappa shape index (κ2) is 9.27. The van der Waals surface area contributed by atoms with Crippen LogP contribution in [0.4, 0.5) is 0 Å². The van der Waals surface area contributed by atoms with Gasteiger partial charge in [-0.1, -0.05) is 36.4 Å². The van der Waals surface area contributed by atoms with Crippen LogP contribution in [0.3, 0.4) is 0 Å². The van der Waals surface area contributed by atoms with Crippen molar-refractivity contribution >= 4 is 0 Å². The molecule has 1 heterocycles. The fraction of sp³-hybridized carbons (Fsp3) is 0.389. The molecule has 3 nitrogen and oxygen atoms in total. The van der Waals surface area contributed by atoms with Gasteiger partial charge < -0.3 is 10.2 Å². The van der Waals surface area contributed by atoms with Crippen LogP contribution in [0.5, 0.6) is 0 Å². The molecule has 0 amide bonds. The van der Waals surface area contributed by atoms with E-state index >= 15 is 0 Å². The third-order valence-electron chi connectivity index (χ3n) is 3.50. The van der Waals surface area contributed by atoms with E-state index in [4.69, 9.17) is 0 Å². The monoisotopic (exact) mass is 283 g/mol. The normalized spacial score (nSPS) is 11.0. The molecule has 0 aliphatic heterocycles. The quantitative estimate of drug-likeness (QED) is 0.717.